The fourth-order valence-electron chi connectivity index (χ4n) is 2.15. The van der Waals surface area contributed by atoms with Crippen molar-refractivity contribution in [1.29, 1.82) is 0 Å². The van der Waals surface area contributed by atoms with Gasteiger partial charge in [-0.05, 0) is 24.6 Å². The van der Waals surface area contributed by atoms with Crippen LogP contribution in [0.1, 0.15) is 15.9 Å². The van der Waals surface area contributed by atoms with E-state index in [1.54, 1.807) is 11.0 Å². The molecule has 1 saturated heterocycles. The van der Waals surface area contributed by atoms with Crippen molar-refractivity contribution < 1.29 is 14.6 Å². The Labute approximate surface area is 112 Å². The van der Waals surface area contributed by atoms with Gasteiger partial charge in [0.2, 0.25) is 0 Å². The summed E-state index contributed by atoms with van der Waals surface area (Å²) in [7, 11) is 0. The van der Waals surface area contributed by atoms with E-state index in [9.17, 15) is 4.79 Å². The molecular formula is C13H19N3O3. The summed E-state index contributed by atoms with van der Waals surface area (Å²) in [5.74, 6) is 5.35. The highest BCUT2D eigenvalue weighted by Crippen LogP contribution is 2.19. The van der Waals surface area contributed by atoms with Gasteiger partial charge in [0.15, 0.2) is 0 Å². The molecule has 1 amide bonds. The molecule has 6 nitrogen and oxygen atoms in total. The molecule has 1 atom stereocenters. The van der Waals surface area contributed by atoms with Gasteiger partial charge in [0.25, 0.3) is 5.91 Å². The predicted octanol–water partition coefficient (Wildman–Crippen LogP) is 0.114. The van der Waals surface area contributed by atoms with Crippen molar-refractivity contribution in [1.82, 2.24) is 4.90 Å². The number of hydrogen-bond donors (Lipinski definition) is 3. The van der Waals surface area contributed by atoms with Gasteiger partial charge in [-0.1, -0.05) is 6.07 Å². The third-order valence-electron chi connectivity index (χ3n) is 3.19. The summed E-state index contributed by atoms with van der Waals surface area (Å²) < 4.78 is 5.33. The number of ether oxygens (including phenoxy) is 1. The Morgan fingerprint density at radius 2 is 2.42 bits per heavy atom. The number of carbonyl (C=O) groups excluding carboxylic acids is 1. The first kappa shape index (κ1) is 13.8. The largest absolute Gasteiger partial charge is 0.394 e. The SMILES string of the molecule is Cc1ccc(C(=O)N2CCOC(CO)C2)c(NN)c1. The highest BCUT2D eigenvalue weighted by molar-refractivity contribution is 5.99. The van der Waals surface area contributed by atoms with Crippen LogP contribution in [0.4, 0.5) is 5.69 Å². The number of nitrogens with two attached hydrogens (primary N) is 1. The molecule has 1 aliphatic rings. The van der Waals surface area contributed by atoms with E-state index in [1.807, 2.05) is 19.1 Å². The zero-order chi connectivity index (χ0) is 13.8. The molecule has 2 rings (SSSR count). The van der Waals surface area contributed by atoms with Crippen LogP contribution in [0.25, 0.3) is 0 Å². The number of carbonyl (C=O) groups is 1. The lowest BCUT2D eigenvalue weighted by atomic mass is 10.1. The van der Waals surface area contributed by atoms with Crippen LogP contribution in [0.3, 0.4) is 0 Å². The van der Waals surface area contributed by atoms with Gasteiger partial charge in [0, 0.05) is 13.1 Å². The lowest BCUT2D eigenvalue weighted by Gasteiger charge is -2.32. The average Bonchev–Trinajstić information content (AvgIpc) is 2.46. The maximum atomic E-state index is 12.4. The molecule has 4 N–H and O–H groups in total. The summed E-state index contributed by atoms with van der Waals surface area (Å²) in [6, 6.07) is 5.46. The van der Waals surface area contributed by atoms with Crippen molar-refractivity contribution in [2.45, 2.75) is 13.0 Å². The number of nitrogen functional groups attached to an aromatic ring is 1. The van der Waals surface area contributed by atoms with E-state index in [-0.39, 0.29) is 18.6 Å². The van der Waals surface area contributed by atoms with E-state index in [0.29, 0.717) is 30.9 Å². The van der Waals surface area contributed by atoms with Crippen LogP contribution in [-0.4, -0.2) is 48.3 Å². The van der Waals surface area contributed by atoms with Crippen LogP contribution in [0.15, 0.2) is 18.2 Å². The predicted molar refractivity (Wildman–Crippen MR) is 71.7 cm³/mol. The van der Waals surface area contributed by atoms with Crippen molar-refractivity contribution >= 4 is 11.6 Å². The van der Waals surface area contributed by atoms with Crippen LogP contribution in [-0.2, 0) is 4.74 Å². The molecule has 1 aliphatic heterocycles. The number of nitrogens with zero attached hydrogens (tertiary/aromatic N) is 1. The summed E-state index contributed by atoms with van der Waals surface area (Å²) in [6.07, 6.45) is -0.308. The molecule has 1 aromatic rings. The number of hydrogen-bond acceptors (Lipinski definition) is 5. The van der Waals surface area contributed by atoms with Crippen molar-refractivity contribution in [3.8, 4) is 0 Å². The molecular weight excluding hydrogens is 246 g/mol. The van der Waals surface area contributed by atoms with Gasteiger partial charge in [-0.25, -0.2) is 0 Å². The number of nitrogens with one attached hydrogen (secondary N) is 1. The van der Waals surface area contributed by atoms with Gasteiger partial charge in [0.1, 0.15) is 0 Å². The molecule has 6 heteroatoms. The second kappa shape index (κ2) is 6.01. The van der Waals surface area contributed by atoms with Crippen LogP contribution in [0, 0.1) is 6.92 Å². The Bertz CT molecular complexity index is 464. The average molecular weight is 265 g/mol. The number of hydrazine groups is 1. The molecule has 0 saturated carbocycles. The Kier molecular flexibility index (Phi) is 4.36. The fraction of sp³-hybridized carbons (Fsp3) is 0.462. The van der Waals surface area contributed by atoms with Crippen LogP contribution in [0.2, 0.25) is 0 Å². The van der Waals surface area contributed by atoms with E-state index in [2.05, 4.69) is 5.43 Å². The molecule has 1 unspecified atom stereocenters. The first-order valence-electron chi connectivity index (χ1n) is 6.24. The smallest absolute Gasteiger partial charge is 0.256 e. The second-order valence-corrected chi connectivity index (χ2v) is 4.62. The van der Waals surface area contributed by atoms with Crippen LogP contribution >= 0.6 is 0 Å². The minimum atomic E-state index is -0.308. The van der Waals surface area contributed by atoms with Gasteiger partial charge in [-0.3, -0.25) is 10.6 Å². The van der Waals surface area contributed by atoms with Gasteiger partial charge < -0.3 is 20.2 Å². The number of morpholine rings is 1. The summed E-state index contributed by atoms with van der Waals surface area (Å²) in [5, 5.41) is 9.10. The van der Waals surface area contributed by atoms with Gasteiger partial charge in [0.05, 0.1) is 30.6 Å². The lowest BCUT2D eigenvalue weighted by molar-refractivity contribution is -0.0447. The van der Waals surface area contributed by atoms with E-state index in [1.165, 1.54) is 0 Å². The van der Waals surface area contributed by atoms with Crippen molar-refractivity contribution in [3.05, 3.63) is 29.3 Å². The third-order valence-corrected chi connectivity index (χ3v) is 3.19. The highest BCUT2D eigenvalue weighted by Gasteiger charge is 2.25. The molecule has 104 valence electrons. The number of anilines is 1. The minimum Gasteiger partial charge on any atom is -0.394 e. The molecule has 0 spiro atoms. The molecule has 1 fully saturated rings. The molecule has 1 heterocycles. The summed E-state index contributed by atoms with van der Waals surface area (Å²) in [5.41, 5.74) is 4.72. The Morgan fingerprint density at radius 1 is 1.63 bits per heavy atom. The van der Waals surface area contributed by atoms with Gasteiger partial charge >= 0.3 is 0 Å². The minimum absolute atomic E-state index is 0.0837. The number of aliphatic hydroxyl groups is 1. The van der Waals surface area contributed by atoms with E-state index < -0.39 is 0 Å². The van der Waals surface area contributed by atoms with Crippen molar-refractivity contribution in [2.75, 3.05) is 31.7 Å². The number of aryl methyl sites for hydroxylation is 1. The second-order valence-electron chi connectivity index (χ2n) is 4.62. The van der Waals surface area contributed by atoms with Crippen LogP contribution < -0.4 is 11.3 Å². The fourth-order valence-corrected chi connectivity index (χ4v) is 2.15. The molecule has 0 bridgehead atoms. The van der Waals surface area contributed by atoms with Gasteiger partial charge in [-0.2, -0.15) is 0 Å². The standard InChI is InChI=1S/C13H19N3O3/c1-9-2-3-11(12(6-9)15-14)13(18)16-4-5-19-10(7-16)8-17/h2-3,6,10,15,17H,4-5,7-8,14H2,1H3. The molecule has 0 aromatic heterocycles. The summed E-state index contributed by atoms with van der Waals surface area (Å²) in [6.45, 7) is 3.21. The maximum absolute atomic E-state index is 12.4. The number of rotatable bonds is 3. The number of amides is 1. The van der Waals surface area contributed by atoms with Crippen molar-refractivity contribution in [3.63, 3.8) is 0 Å². The maximum Gasteiger partial charge on any atom is 0.256 e. The zero-order valence-corrected chi connectivity index (χ0v) is 10.9. The molecule has 19 heavy (non-hydrogen) atoms. The third kappa shape index (κ3) is 3.04. The summed E-state index contributed by atoms with van der Waals surface area (Å²) >= 11 is 0. The molecule has 0 radical (unpaired) electrons. The topological polar surface area (TPSA) is 87.8 Å². The Balaban J connectivity index is 2.19. The lowest BCUT2D eigenvalue weighted by Crippen LogP contribution is -2.47. The summed E-state index contributed by atoms with van der Waals surface area (Å²) in [4.78, 5) is 14.1. The van der Waals surface area contributed by atoms with E-state index in [0.717, 1.165) is 5.56 Å². The zero-order valence-electron chi connectivity index (χ0n) is 10.9. The molecule has 1 aromatic carbocycles. The monoisotopic (exact) mass is 265 g/mol. The van der Waals surface area contributed by atoms with E-state index >= 15 is 0 Å². The number of benzene rings is 1. The highest BCUT2D eigenvalue weighted by atomic mass is 16.5. The first-order valence-corrected chi connectivity index (χ1v) is 6.24. The molecule has 0 aliphatic carbocycles. The Morgan fingerprint density at radius 3 is 3.11 bits per heavy atom. The number of aliphatic hydroxyl groups excluding tert-OH is 1. The normalized spacial score (nSPS) is 19.3. The first-order chi connectivity index (χ1) is 9.15. The van der Waals surface area contributed by atoms with Gasteiger partial charge in [-0.15, -0.1) is 0 Å². The quantitative estimate of drug-likeness (QED) is 0.533. The van der Waals surface area contributed by atoms with E-state index in [4.69, 9.17) is 15.7 Å². The van der Waals surface area contributed by atoms with Crippen LogP contribution in [0.5, 0.6) is 0 Å². The Hall–Kier alpha value is -1.63. The van der Waals surface area contributed by atoms with Crippen molar-refractivity contribution in [2.24, 2.45) is 5.84 Å².